The van der Waals surface area contributed by atoms with Crippen molar-refractivity contribution in [2.24, 2.45) is 0 Å². The van der Waals surface area contributed by atoms with Crippen molar-refractivity contribution in [3.8, 4) is 0 Å². The number of hydrogen-bond donors (Lipinski definition) is 1. The zero-order chi connectivity index (χ0) is 12.9. The summed E-state index contributed by atoms with van der Waals surface area (Å²) in [5.41, 5.74) is 1.03. The third kappa shape index (κ3) is 2.11. The molecule has 18 heavy (non-hydrogen) atoms. The summed E-state index contributed by atoms with van der Waals surface area (Å²) in [7, 11) is -3.38. The maximum Gasteiger partial charge on any atom is 0.250 e. The SMILES string of the molecule is Cc1cc(S(=O)(=O)NC2CC3CCC2O3)sc1C. The Morgan fingerprint density at radius 3 is 2.67 bits per heavy atom. The maximum atomic E-state index is 12.3. The number of ether oxygens (including phenoxy) is 1. The molecule has 100 valence electrons. The molecule has 2 bridgehead atoms. The van der Waals surface area contributed by atoms with Crippen molar-refractivity contribution in [3.05, 3.63) is 16.5 Å². The van der Waals surface area contributed by atoms with Crippen LogP contribution in [0.4, 0.5) is 0 Å². The minimum atomic E-state index is -3.38. The molecular formula is C12H17NO3S2. The standard InChI is InChI=1S/C12H17NO3S2/c1-7-5-12(17-8(7)2)18(14,15)13-10-6-9-3-4-11(10)16-9/h5,9-11,13H,3-4,6H2,1-2H3. The van der Waals surface area contributed by atoms with Gasteiger partial charge in [0.15, 0.2) is 0 Å². The van der Waals surface area contributed by atoms with E-state index in [4.69, 9.17) is 4.74 Å². The van der Waals surface area contributed by atoms with Crippen LogP contribution in [-0.2, 0) is 14.8 Å². The monoisotopic (exact) mass is 287 g/mol. The molecule has 0 radical (unpaired) electrons. The smallest absolute Gasteiger partial charge is 0.250 e. The fraction of sp³-hybridized carbons (Fsp3) is 0.667. The van der Waals surface area contributed by atoms with Crippen molar-refractivity contribution in [1.82, 2.24) is 4.72 Å². The predicted molar refractivity (Wildman–Crippen MR) is 70.4 cm³/mol. The van der Waals surface area contributed by atoms with Crippen LogP contribution in [-0.4, -0.2) is 26.7 Å². The summed E-state index contributed by atoms with van der Waals surface area (Å²) in [5, 5.41) is 0. The molecule has 3 unspecified atom stereocenters. The van der Waals surface area contributed by atoms with Crippen molar-refractivity contribution < 1.29 is 13.2 Å². The lowest BCUT2D eigenvalue weighted by Crippen LogP contribution is -2.41. The fourth-order valence-corrected chi connectivity index (χ4v) is 5.50. The average Bonchev–Trinajstić information content (AvgIpc) is 2.95. The van der Waals surface area contributed by atoms with Gasteiger partial charge in [-0.05, 0) is 44.7 Å². The maximum absolute atomic E-state index is 12.3. The summed E-state index contributed by atoms with van der Waals surface area (Å²) in [6.45, 7) is 3.88. The first-order valence-corrected chi connectivity index (χ1v) is 8.50. The Bertz CT molecular complexity index is 544. The molecule has 0 spiro atoms. The second kappa shape index (κ2) is 4.30. The molecular weight excluding hydrogens is 270 g/mol. The van der Waals surface area contributed by atoms with Crippen LogP contribution < -0.4 is 4.72 Å². The summed E-state index contributed by atoms with van der Waals surface area (Å²) < 4.78 is 33.4. The number of rotatable bonds is 3. The molecule has 1 aromatic heterocycles. The molecule has 3 atom stereocenters. The van der Waals surface area contributed by atoms with Gasteiger partial charge in [-0.1, -0.05) is 0 Å². The lowest BCUT2D eigenvalue weighted by Gasteiger charge is -2.19. The molecule has 0 saturated carbocycles. The number of thiophene rings is 1. The molecule has 2 fully saturated rings. The molecule has 2 saturated heterocycles. The lowest BCUT2D eigenvalue weighted by atomic mass is 9.96. The molecule has 0 aromatic carbocycles. The average molecular weight is 287 g/mol. The van der Waals surface area contributed by atoms with Gasteiger partial charge in [-0.25, -0.2) is 13.1 Å². The third-order valence-corrected chi connectivity index (χ3v) is 6.94. The highest BCUT2D eigenvalue weighted by Gasteiger charge is 2.42. The van der Waals surface area contributed by atoms with E-state index in [9.17, 15) is 8.42 Å². The summed E-state index contributed by atoms with van der Waals surface area (Å²) in [5.74, 6) is 0. The van der Waals surface area contributed by atoms with Crippen LogP contribution in [0, 0.1) is 13.8 Å². The van der Waals surface area contributed by atoms with E-state index in [2.05, 4.69) is 4.72 Å². The summed E-state index contributed by atoms with van der Waals surface area (Å²) in [4.78, 5) is 1.06. The normalized spacial score (nSPS) is 31.1. The minimum absolute atomic E-state index is 0.0449. The number of aryl methyl sites for hydroxylation is 2. The Morgan fingerprint density at radius 2 is 2.17 bits per heavy atom. The Hall–Kier alpha value is -0.430. The first-order valence-electron chi connectivity index (χ1n) is 6.20. The van der Waals surface area contributed by atoms with Gasteiger partial charge < -0.3 is 4.74 Å². The van der Waals surface area contributed by atoms with Crippen LogP contribution >= 0.6 is 11.3 Å². The van der Waals surface area contributed by atoms with Crippen molar-refractivity contribution in [2.45, 2.75) is 55.6 Å². The molecule has 4 nitrogen and oxygen atoms in total. The van der Waals surface area contributed by atoms with Gasteiger partial charge in [0.2, 0.25) is 10.0 Å². The van der Waals surface area contributed by atoms with E-state index in [1.165, 1.54) is 11.3 Å². The van der Waals surface area contributed by atoms with Gasteiger partial charge in [0.25, 0.3) is 0 Å². The highest BCUT2D eigenvalue weighted by Crippen LogP contribution is 2.35. The number of fused-ring (bicyclic) bond motifs is 2. The first kappa shape index (κ1) is 12.6. The van der Waals surface area contributed by atoms with Crippen LogP contribution in [0.2, 0.25) is 0 Å². The van der Waals surface area contributed by atoms with E-state index < -0.39 is 10.0 Å². The zero-order valence-electron chi connectivity index (χ0n) is 10.5. The van der Waals surface area contributed by atoms with Crippen LogP contribution in [0.5, 0.6) is 0 Å². The molecule has 2 aliphatic rings. The summed E-state index contributed by atoms with van der Waals surface area (Å²) in [6, 6.07) is 1.70. The topological polar surface area (TPSA) is 55.4 Å². The van der Waals surface area contributed by atoms with Crippen molar-refractivity contribution in [3.63, 3.8) is 0 Å². The minimum Gasteiger partial charge on any atom is -0.373 e. The molecule has 3 rings (SSSR count). The van der Waals surface area contributed by atoms with Gasteiger partial charge in [0, 0.05) is 4.88 Å². The molecule has 3 heterocycles. The molecule has 1 aromatic rings. The van der Waals surface area contributed by atoms with E-state index in [1.54, 1.807) is 6.07 Å². The number of sulfonamides is 1. The molecule has 6 heteroatoms. The molecule has 0 amide bonds. The van der Waals surface area contributed by atoms with Gasteiger partial charge in [0.1, 0.15) is 4.21 Å². The van der Waals surface area contributed by atoms with Gasteiger partial charge in [-0.2, -0.15) is 0 Å². The van der Waals surface area contributed by atoms with Crippen molar-refractivity contribution >= 4 is 21.4 Å². The fourth-order valence-electron chi connectivity index (χ4n) is 2.69. The van der Waals surface area contributed by atoms with E-state index in [-0.39, 0.29) is 18.2 Å². The van der Waals surface area contributed by atoms with Crippen LogP contribution in [0.1, 0.15) is 29.7 Å². The third-order valence-electron chi connectivity index (χ3n) is 3.82. The van der Waals surface area contributed by atoms with E-state index >= 15 is 0 Å². The van der Waals surface area contributed by atoms with Gasteiger partial charge in [-0.15, -0.1) is 11.3 Å². The Balaban J connectivity index is 1.79. The van der Waals surface area contributed by atoms with E-state index in [1.807, 2.05) is 13.8 Å². The van der Waals surface area contributed by atoms with E-state index in [0.717, 1.165) is 29.7 Å². The van der Waals surface area contributed by atoms with Gasteiger partial charge >= 0.3 is 0 Å². The molecule has 2 aliphatic heterocycles. The van der Waals surface area contributed by atoms with Crippen LogP contribution in [0.15, 0.2) is 10.3 Å². The predicted octanol–water partition coefficient (Wildman–Crippen LogP) is 1.96. The largest absolute Gasteiger partial charge is 0.373 e. The van der Waals surface area contributed by atoms with Crippen LogP contribution in [0.25, 0.3) is 0 Å². The van der Waals surface area contributed by atoms with Crippen molar-refractivity contribution in [2.75, 3.05) is 0 Å². The first-order chi connectivity index (χ1) is 8.45. The van der Waals surface area contributed by atoms with E-state index in [0.29, 0.717) is 4.21 Å². The quantitative estimate of drug-likeness (QED) is 0.924. The Kier molecular flexibility index (Phi) is 3.01. The summed E-state index contributed by atoms with van der Waals surface area (Å²) in [6.07, 6.45) is 3.19. The second-order valence-electron chi connectivity index (χ2n) is 5.14. The second-order valence-corrected chi connectivity index (χ2v) is 8.34. The Morgan fingerprint density at radius 1 is 1.39 bits per heavy atom. The Labute approximate surface area is 111 Å². The highest BCUT2D eigenvalue weighted by atomic mass is 32.2. The van der Waals surface area contributed by atoms with Gasteiger partial charge in [0.05, 0.1) is 18.2 Å². The van der Waals surface area contributed by atoms with Crippen LogP contribution in [0.3, 0.4) is 0 Å². The highest BCUT2D eigenvalue weighted by molar-refractivity contribution is 7.91. The molecule has 1 N–H and O–H groups in total. The lowest BCUT2D eigenvalue weighted by molar-refractivity contribution is 0.0996. The van der Waals surface area contributed by atoms with Gasteiger partial charge in [-0.3, -0.25) is 0 Å². The zero-order valence-corrected chi connectivity index (χ0v) is 12.1. The number of nitrogens with one attached hydrogen (secondary N) is 1. The molecule has 0 aliphatic carbocycles. The summed E-state index contributed by atoms with van der Waals surface area (Å²) >= 11 is 1.33. The number of hydrogen-bond acceptors (Lipinski definition) is 4. The van der Waals surface area contributed by atoms with Crippen molar-refractivity contribution in [1.29, 1.82) is 0 Å².